The highest BCUT2D eigenvalue weighted by Gasteiger charge is 2.11. The van der Waals surface area contributed by atoms with Gasteiger partial charge < -0.3 is 9.47 Å². The first-order chi connectivity index (χ1) is 14.1. The Hall–Kier alpha value is -4.85. The van der Waals surface area contributed by atoms with Crippen LogP contribution in [0.5, 0.6) is 23.0 Å². The van der Waals surface area contributed by atoms with Gasteiger partial charge in [0, 0.05) is 6.07 Å². The molecule has 0 aliphatic heterocycles. The number of rotatable bonds is 4. The van der Waals surface area contributed by atoms with Gasteiger partial charge in [0.25, 0.3) is 0 Å². The number of nitriles is 4. The lowest BCUT2D eigenvalue weighted by molar-refractivity contribution is 0.430. The van der Waals surface area contributed by atoms with Crippen molar-refractivity contribution in [3.63, 3.8) is 0 Å². The lowest BCUT2D eigenvalue weighted by Crippen LogP contribution is -1.93. The van der Waals surface area contributed by atoms with Gasteiger partial charge in [-0.05, 0) is 48.5 Å². The van der Waals surface area contributed by atoms with Crippen LogP contribution in [0.3, 0.4) is 0 Å². The van der Waals surface area contributed by atoms with E-state index in [1.165, 1.54) is 48.5 Å². The third-order valence-electron chi connectivity index (χ3n) is 3.83. The number of benzene rings is 3. The van der Waals surface area contributed by atoms with Crippen LogP contribution >= 0.6 is 0 Å². The van der Waals surface area contributed by atoms with Crippen molar-refractivity contribution in [2.45, 2.75) is 0 Å². The van der Waals surface area contributed by atoms with Crippen LogP contribution in [0.15, 0.2) is 54.6 Å². The molecule has 0 bridgehead atoms. The Morgan fingerprint density at radius 3 is 1.52 bits per heavy atom. The Bertz CT molecular complexity index is 1270. The van der Waals surface area contributed by atoms with Crippen molar-refractivity contribution < 1.29 is 13.9 Å². The third kappa shape index (κ3) is 4.12. The summed E-state index contributed by atoms with van der Waals surface area (Å²) in [5, 5.41) is 36.1. The predicted molar refractivity (Wildman–Crippen MR) is 98.3 cm³/mol. The molecule has 0 N–H and O–H groups in total. The second kappa shape index (κ2) is 8.23. The molecule has 3 aromatic rings. The number of nitrogens with zero attached hydrogens (tertiary/aromatic N) is 4. The summed E-state index contributed by atoms with van der Waals surface area (Å²) in [6.07, 6.45) is 0. The van der Waals surface area contributed by atoms with Crippen LogP contribution < -0.4 is 9.47 Å². The smallest absolute Gasteiger partial charge is 0.166 e. The SMILES string of the molecule is N#Cc1ccc(Oc2ccc(F)c(Oc3ccc(C#N)c(C#N)c3)c2)cc1C#N. The van der Waals surface area contributed by atoms with Gasteiger partial charge in [-0.2, -0.15) is 21.0 Å². The normalized spacial score (nSPS) is 9.41. The van der Waals surface area contributed by atoms with Crippen molar-refractivity contribution >= 4 is 0 Å². The van der Waals surface area contributed by atoms with Crippen molar-refractivity contribution in [2.75, 3.05) is 0 Å². The van der Waals surface area contributed by atoms with E-state index in [1.54, 1.807) is 0 Å². The molecule has 0 unspecified atom stereocenters. The molecule has 0 saturated carbocycles. The Morgan fingerprint density at radius 1 is 0.552 bits per heavy atom. The van der Waals surface area contributed by atoms with Gasteiger partial charge in [-0.15, -0.1) is 0 Å². The fourth-order valence-electron chi connectivity index (χ4n) is 2.44. The minimum atomic E-state index is -0.655. The Labute approximate surface area is 165 Å². The van der Waals surface area contributed by atoms with E-state index in [0.29, 0.717) is 5.75 Å². The van der Waals surface area contributed by atoms with Crippen LogP contribution in [-0.4, -0.2) is 0 Å². The first-order valence-electron chi connectivity index (χ1n) is 8.11. The van der Waals surface area contributed by atoms with E-state index in [9.17, 15) is 4.39 Å². The minimum absolute atomic E-state index is 0.111. The standard InChI is InChI=1S/C22H9FN4O2/c23-21-6-5-20(28-18-3-1-14(10-24)16(7-18)12-26)9-22(21)29-19-4-2-15(11-25)17(8-19)13-27/h1-9H. The summed E-state index contributed by atoms with van der Waals surface area (Å²) >= 11 is 0. The van der Waals surface area contributed by atoms with Crippen molar-refractivity contribution in [2.24, 2.45) is 0 Å². The largest absolute Gasteiger partial charge is 0.457 e. The van der Waals surface area contributed by atoms with Crippen LogP contribution in [0.4, 0.5) is 4.39 Å². The highest BCUT2D eigenvalue weighted by molar-refractivity contribution is 5.52. The van der Waals surface area contributed by atoms with E-state index in [2.05, 4.69) is 0 Å². The number of hydrogen-bond acceptors (Lipinski definition) is 6. The third-order valence-corrected chi connectivity index (χ3v) is 3.83. The average Bonchev–Trinajstić information content (AvgIpc) is 2.75. The molecular weight excluding hydrogens is 371 g/mol. The minimum Gasteiger partial charge on any atom is -0.457 e. The zero-order valence-electron chi connectivity index (χ0n) is 14.7. The van der Waals surface area contributed by atoms with Crippen LogP contribution in [0.25, 0.3) is 0 Å². The quantitative estimate of drug-likeness (QED) is 0.636. The summed E-state index contributed by atoms with van der Waals surface area (Å²) in [6.45, 7) is 0. The van der Waals surface area contributed by atoms with Gasteiger partial charge in [0.15, 0.2) is 11.6 Å². The summed E-state index contributed by atoms with van der Waals surface area (Å²) in [7, 11) is 0. The summed E-state index contributed by atoms with van der Waals surface area (Å²) in [5.41, 5.74) is 0.674. The molecule has 0 amide bonds. The molecule has 0 aliphatic rings. The van der Waals surface area contributed by atoms with Gasteiger partial charge >= 0.3 is 0 Å². The first kappa shape index (κ1) is 18.9. The highest BCUT2D eigenvalue weighted by Crippen LogP contribution is 2.32. The van der Waals surface area contributed by atoms with E-state index < -0.39 is 5.82 Å². The van der Waals surface area contributed by atoms with E-state index >= 15 is 0 Å². The Balaban J connectivity index is 1.88. The first-order valence-corrected chi connectivity index (χ1v) is 8.11. The molecule has 29 heavy (non-hydrogen) atoms. The molecule has 0 aromatic heterocycles. The fraction of sp³-hybridized carbons (Fsp3) is 0. The van der Waals surface area contributed by atoms with Crippen LogP contribution in [0.2, 0.25) is 0 Å². The second-order valence-corrected chi connectivity index (χ2v) is 5.66. The summed E-state index contributed by atoms with van der Waals surface area (Å²) in [5.74, 6) is -0.0860. The fourth-order valence-corrected chi connectivity index (χ4v) is 2.44. The Morgan fingerprint density at radius 2 is 1.00 bits per heavy atom. The number of ether oxygens (including phenoxy) is 2. The molecule has 3 rings (SSSR count). The maximum absolute atomic E-state index is 14.2. The predicted octanol–water partition coefficient (Wildman–Crippen LogP) is 4.90. The van der Waals surface area contributed by atoms with Gasteiger partial charge in [-0.1, -0.05) is 0 Å². The summed E-state index contributed by atoms with van der Waals surface area (Å²) in [4.78, 5) is 0. The van der Waals surface area contributed by atoms with Crippen molar-refractivity contribution in [1.82, 2.24) is 0 Å². The summed E-state index contributed by atoms with van der Waals surface area (Å²) < 4.78 is 25.3. The second-order valence-electron chi connectivity index (χ2n) is 5.66. The number of halogens is 1. The molecule has 0 saturated heterocycles. The van der Waals surface area contributed by atoms with Crippen molar-refractivity contribution in [1.29, 1.82) is 21.0 Å². The number of hydrogen-bond donors (Lipinski definition) is 0. The van der Waals surface area contributed by atoms with Gasteiger partial charge in [0.05, 0.1) is 22.3 Å². The topological polar surface area (TPSA) is 114 Å². The molecule has 136 valence electrons. The molecule has 0 atom stereocenters. The van der Waals surface area contributed by atoms with Crippen molar-refractivity contribution in [3.8, 4) is 47.3 Å². The van der Waals surface area contributed by atoms with Crippen molar-refractivity contribution in [3.05, 3.63) is 82.7 Å². The molecule has 0 fully saturated rings. The monoisotopic (exact) mass is 380 g/mol. The van der Waals surface area contributed by atoms with Gasteiger partial charge in [-0.3, -0.25) is 0 Å². The van der Waals surface area contributed by atoms with Gasteiger partial charge in [0.2, 0.25) is 0 Å². The maximum atomic E-state index is 14.2. The lowest BCUT2D eigenvalue weighted by Gasteiger charge is -2.11. The van der Waals surface area contributed by atoms with E-state index in [0.717, 1.165) is 6.07 Å². The molecule has 3 aromatic carbocycles. The molecule has 0 radical (unpaired) electrons. The molecular formula is C22H9FN4O2. The van der Waals surface area contributed by atoms with E-state index in [-0.39, 0.29) is 39.5 Å². The molecule has 0 heterocycles. The molecule has 7 heteroatoms. The Kier molecular flexibility index (Phi) is 5.37. The van der Waals surface area contributed by atoms with Gasteiger partial charge in [0.1, 0.15) is 41.5 Å². The molecule has 6 nitrogen and oxygen atoms in total. The van der Waals surface area contributed by atoms with Crippen LogP contribution in [0, 0.1) is 51.1 Å². The van der Waals surface area contributed by atoms with E-state index in [4.69, 9.17) is 30.5 Å². The summed E-state index contributed by atoms with van der Waals surface area (Å²) in [6, 6.07) is 20.0. The maximum Gasteiger partial charge on any atom is 0.166 e. The average molecular weight is 380 g/mol. The lowest BCUT2D eigenvalue weighted by atomic mass is 10.1. The zero-order valence-corrected chi connectivity index (χ0v) is 14.7. The van der Waals surface area contributed by atoms with Gasteiger partial charge in [-0.25, -0.2) is 4.39 Å². The van der Waals surface area contributed by atoms with Crippen LogP contribution in [-0.2, 0) is 0 Å². The molecule has 0 spiro atoms. The zero-order chi connectivity index (χ0) is 20.8. The molecule has 0 aliphatic carbocycles. The van der Waals surface area contributed by atoms with Crippen LogP contribution in [0.1, 0.15) is 22.3 Å². The highest BCUT2D eigenvalue weighted by atomic mass is 19.1. The van der Waals surface area contributed by atoms with E-state index in [1.807, 2.05) is 24.3 Å².